The SMILES string of the molecule is COC(C)CN1CC(C)(C)NCC1(C)C1CC1. The predicted octanol–water partition coefficient (Wildman–Crippen LogP) is 1.87. The van der Waals surface area contributed by atoms with Crippen LogP contribution in [0.2, 0.25) is 0 Å². The van der Waals surface area contributed by atoms with Crippen molar-refractivity contribution >= 4 is 0 Å². The third kappa shape index (κ3) is 2.83. The van der Waals surface area contributed by atoms with Crippen LogP contribution in [-0.4, -0.2) is 48.8 Å². The van der Waals surface area contributed by atoms with Gasteiger partial charge in [0.15, 0.2) is 0 Å². The lowest BCUT2D eigenvalue weighted by Gasteiger charge is -2.52. The van der Waals surface area contributed by atoms with Crippen molar-refractivity contribution in [2.24, 2.45) is 5.92 Å². The van der Waals surface area contributed by atoms with E-state index in [1.54, 1.807) is 0 Å². The lowest BCUT2D eigenvalue weighted by Crippen LogP contribution is -2.68. The third-order valence-corrected chi connectivity index (χ3v) is 4.57. The number of hydrogen-bond donors (Lipinski definition) is 1. The number of hydrogen-bond acceptors (Lipinski definition) is 3. The first-order chi connectivity index (χ1) is 7.87. The zero-order valence-electron chi connectivity index (χ0n) is 12.0. The Morgan fingerprint density at radius 3 is 2.53 bits per heavy atom. The van der Waals surface area contributed by atoms with Gasteiger partial charge in [-0.15, -0.1) is 0 Å². The smallest absolute Gasteiger partial charge is 0.0670 e. The van der Waals surface area contributed by atoms with E-state index in [1.807, 2.05) is 7.11 Å². The maximum atomic E-state index is 5.45. The van der Waals surface area contributed by atoms with Crippen molar-refractivity contribution in [3.8, 4) is 0 Å². The Bertz CT molecular complexity index is 275. The van der Waals surface area contributed by atoms with E-state index in [-0.39, 0.29) is 5.54 Å². The summed E-state index contributed by atoms with van der Waals surface area (Å²) in [4.78, 5) is 2.66. The summed E-state index contributed by atoms with van der Waals surface area (Å²) in [6, 6.07) is 0. The molecule has 0 aromatic heterocycles. The van der Waals surface area contributed by atoms with Gasteiger partial charge in [0, 0.05) is 37.8 Å². The van der Waals surface area contributed by atoms with Crippen molar-refractivity contribution in [3.63, 3.8) is 0 Å². The quantitative estimate of drug-likeness (QED) is 0.812. The summed E-state index contributed by atoms with van der Waals surface area (Å²) in [5.74, 6) is 0.884. The lowest BCUT2D eigenvalue weighted by atomic mass is 9.86. The number of nitrogens with zero attached hydrogens (tertiary/aromatic N) is 1. The summed E-state index contributed by atoms with van der Waals surface area (Å²) < 4.78 is 5.45. The van der Waals surface area contributed by atoms with Crippen LogP contribution in [0.4, 0.5) is 0 Å². The van der Waals surface area contributed by atoms with Gasteiger partial charge < -0.3 is 10.1 Å². The van der Waals surface area contributed by atoms with E-state index in [0.29, 0.717) is 11.6 Å². The summed E-state index contributed by atoms with van der Waals surface area (Å²) >= 11 is 0. The van der Waals surface area contributed by atoms with Crippen LogP contribution in [0.3, 0.4) is 0 Å². The Morgan fingerprint density at radius 1 is 1.35 bits per heavy atom. The molecule has 1 heterocycles. The molecule has 17 heavy (non-hydrogen) atoms. The molecule has 2 rings (SSSR count). The number of rotatable bonds is 4. The van der Waals surface area contributed by atoms with Gasteiger partial charge in [0.1, 0.15) is 0 Å². The highest BCUT2D eigenvalue weighted by Gasteiger charge is 2.49. The van der Waals surface area contributed by atoms with E-state index in [4.69, 9.17) is 4.74 Å². The maximum absolute atomic E-state index is 5.45. The highest BCUT2D eigenvalue weighted by molar-refractivity contribution is 5.07. The Kier molecular flexibility index (Phi) is 3.54. The molecule has 1 aliphatic heterocycles. The first kappa shape index (κ1) is 13.3. The number of methoxy groups -OCH3 is 1. The number of nitrogens with one attached hydrogen (secondary N) is 1. The monoisotopic (exact) mass is 240 g/mol. The van der Waals surface area contributed by atoms with E-state index in [2.05, 4.69) is 37.9 Å². The third-order valence-electron chi connectivity index (χ3n) is 4.57. The Balaban J connectivity index is 2.09. The van der Waals surface area contributed by atoms with Gasteiger partial charge >= 0.3 is 0 Å². The fourth-order valence-electron chi connectivity index (χ4n) is 3.01. The minimum absolute atomic E-state index is 0.224. The van der Waals surface area contributed by atoms with Crippen LogP contribution in [-0.2, 0) is 4.74 Å². The molecule has 1 N–H and O–H groups in total. The second-order valence-electron chi connectivity index (χ2n) is 6.80. The van der Waals surface area contributed by atoms with Gasteiger partial charge in [-0.1, -0.05) is 0 Å². The normalized spacial score (nSPS) is 35.8. The zero-order chi connectivity index (χ0) is 12.7. The van der Waals surface area contributed by atoms with Crippen LogP contribution in [0.15, 0.2) is 0 Å². The summed E-state index contributed by atoms with van der Waals surface area (Å²) in [6.45, 7) is 12.5. The average Bonchev–Trinajstić information content (AvgIpc) is 3.07. The minimum atomic E-state index is 0.224. The van der Waals surface area contributed by atoms with Gasteiger partial charge in [0.2, 0.25) is 0 Å². The molecule has 0 aromatic rings. The van der Waals surface area contributed by atoms with Crippen molar-refractivity contribution < 1.29 is 4.74 Å². The Morgan fingerprint density at radius 2 is 2.00 bits per heavy atom. The van der Waals surface area contributed by atoms with Crippen LogP contribution in [0.5, 0.6) is 0 Å². The number of ether oxygens (including phenoxy) is 1. The minimum Gasteiger partial charge on any atom is -0.380 e. The van der Waals surface area contributed by atoms with Crippen molar-refractivity contribution in [2.75, 3.05) is 26.7 Å². The molecule has 100 valence electrons. The van der Waals surface area contributed by atoms with Gasteiger partial charge in [-0.2, -0.15) is 0 Å². The maximum Gasteiger partial charge on any atom is 0.0670 e. The molecule has 2 fully saturated rings. The van der Waals surface area contributed by atoms with E-state index < -0.39 is 0 Å². The topological polar surface area (TPSA) is 24.5 Å². The van der Waals surface area contributed by atoms with Crippen molar-refractivity contribution in [1.29, 1.82) is 0 Å². The summed E-state index contributed by atoms with van der Waals surface area (Å²) in [6.07, 6.45) is 3.12. The van der Waals surface area contributed by atoms with E-state index >= 15 is 0 Å². The molecule has 1 aliphatic carbocycles. The predicted molar refractivity (Wildman–Crippen MR) is 71.3 cm³/mol. The molecule has 2 atom stereocenters. The molecular formula is C14H28N2O. The summed E-state index contributed by atoms with van der Waals surface area (Å²) in [7, 11) is 1.81. The molecule has 0 aromatic carbocycles. The second kappa shape index (κ2) is 4.52. The second-order valence-corrected chi connectivity index (χ2v) is 6.80. The van der Waals surface area contributed by atoms with Crippen molar-refractivity contribution in [2.45, 2.75) is 57.7 Å². The first-order valence-electron chi connectivity index (χ1n) is 6.90. The average molecular weight is 240 g/mol. The first-order valence-corrected chi connectivity index (χ1v) is 6.90. The van der Waals surface area contributed by atoms with Gasteiger partial charge in [-0.05, 0) is 46.5 Å². The van der Waals surface area contributed by atoms with Crippen LogP contribution >= 0.6 is 0 Å². The molecule has 0 radical (unpaired) electrons. The molecule has 0 amide bonds. The van der Waals surface area contributed by atoms with Crippen molar-refractivity contribution in [1.82, 2.24) is 10.2 Å². The lowest BCUT2D eigenvalue weighted by molar-refractivity contribution is -0.0250. The van der Waals surface area contributed by atoms with Crippen LogP contribution < -0.4 is 5.32 Å². The molecule has 3 heteroatoms. The van der Waals surface area contributed by atoms with E-state index in [0.717, 1.165) is 25.6 Å². The fourth-order valence-corrected chi connectivity index (χ4v) is 3.01. The molecule has 1 saturated heterocycles. The molecular weight excluding hydrogens is 212 g/mol. The van der Waals surface area contributed by atoms with E-state index in [9.17, 15) is 0 Å². The summed E-state index contributed by atoms with van der Waals surface area (Å²) in [5, 5.41) is 3.71. The standard InChI is InChI=1S/C14H28N2O/c1-11(17-5)8-16-10-13(2,3)15-9-14(16,4)12-6-7-12/h11-12,15H,6-10H2,1-5H3. The van der Waals surface area contributed by atoms with Gasteiger partial charge in [-0.3, -0.25) is 4.90 Å². The Hall–Kier alpha value is -0.120. The highest BCUT2D eigenvalue weighted by Crippen LogP contribution is 2.44. The van der Waals surface area contributed by atoms with Gasteiger partial charge in [-0.25, -0.2) is 0 Å². The highest BCUT2D eigenvalue weighted by atomic mass is 16.5. The molecule has 0 spiro atoms. The van der Waals surface area contributed by atoms with Crippen molar-refractivity contribution in [3.05, 3.63) is 0 Å². The van der Waals surface area contributed by atoms with Crippen LogP contribution in [0, 0.1) is 5.92 Å². The molecule has 0 bridgehead atoms. The largest absolute Gasteiger partial charge is 0.380 e. The zero-order valence-corrected chi connectivity index (χ0v) is 12.0. The van der Waals surface area contributed by atoms with Crippen LogP contribution in [0.1, 0.15) is 40.5 Å². The molecule has 2 unspecified atom stereocenters. The molecule has 2 aliphatic rings. The molecule has 1 saturated carbocycles. The van der Waals surface area contributed by atoms with Gasteiger partial charge in [0.25, 0.3) is 0 Å². The Labute approximate surface area is 106 Å². The number of piperazine rings is 1. The summed E-state index contributed by atoms with van der Waals surface area (Å²) in [5.41, 5.74) is 0.560. The fraction of sp³-hybridized carbons (Fsp3) is 1.00. The van der Waals surface area contributed by atoms with Crippen LogP contribution in [0.25, 0.3) is 0 Å². The van der Waals surface area contributed by atoms with Gasteiger partial charge in [0.05, 0.1) is 6.10 Å². The molecule has 3 nitrogen and oxygen atoms in total. The van der Waals surface area contributed by atoms with E-state index in [1.165, 1.54) is 12.8 Å².